The lowest BCUT2D eigenvalue weighted by Gasteiger charge is -2.37. The molecule has 1 aliphatic rings. The van der Waals surface area contributed by atoms with Crippen molar-refractivity contribution in [2.45, 2.75) is 31.7 Å². The van der Waals surface area contributed by atoms with Crippen molar-refractivity contribution in [3.8, 4) is 0 Å². The van der Waals surface area contributed by atoms with Crippen molar-refractivity contribution in [2.75, 3.05) is 18.1 Å². The molecular formula is C10H16N4O3. The number of nitrogens with zero attached hydrogens (tertiary/aromatic N) is 2. The largest absolute Gasteiger partial charge is 0.396 e. The molecule has 17 heavy (non-hydrogen) atoms. The van der Waals surface area contributed by atoms with E-state index in [-0.39, 0.29) is 12.4 Å². The Kier molecular flexibility index (Phi) is 3.58. The number of aromatic amines is 2. The van der Waals surface area contributed by atoms with E-state index < -0.39 is 11.2 Å². The fourth-order valence-electron chi connectivity index (χ4n) is 1.94. The van der Waals surface area contributed by atoms with Crippen molar-refractivity contribution in [3.63, 3.8) is 0 Å². The smallest absolute Gasteiger partial charge is 0.342 e. The minimum absolute atomic E-state index is 0.0739. The van der Waals surface area contributed by atoms with Gasteiger partial charge in [0.15, 0.2) is 0 Å². The lowest BCUT2D eigenvalue weighted by atomic mass is 9.91. The molecule has 0 radical (unpaired) electrons. The van der Waals surface area contributed by atoms with Gasteiger partial charge in [-0.15, -0.1) is 5.10 Å². The molecule has 1 heterocycles. The Labute approximate surface area is 97.5 Å². The average Bonchev–Trinajstić information content (AvgIpc) is 2.22. The number of nitrogens with one attached hydrogen (secondary N) is 2. The van der Waals surface area contributed by atoms with Crippen LogP contribution in [0.1, 0.15) is 25.7 Å². The lowest BCUT2D eigenvalue weighted by molar-refractivity contribution is 0.282. The molecule has 0 atom stereocenters. The molecule has 3 N–H and O–H groups in total. The maximum atomic E-state index is 11.6. The zero-order valence-electron chi connectivity index (χ0n) is 9.48. The molecule has 1 aliphatic carbocycles. The molecule has 1 aromatic rings. The van der Waals surface area contributed by atoms with E-state index in [1.54, 1.807) is 0 Å². The van der Waals surface area contributed by atoms with Crippen LogP contribution in [0.3, 0.4) is 0 Å². The predicted octanol–water partition coefficient (Wildman–Crippen LogP) is -0.801. The van der Waals surface area contributed by atoms with Gasteiger partial charge in [-0.05, 0) is 25.7 Å². The number of rotatable bonds is 5. The predicted molar refractivity (Wildman–Crippen MR) is 62.2 cm³/mol. The molecule has 0 spiro atoms. The molecule has 2 rings (SSSR count). The van der Waals surface area contributed by atoms with Crippen molar-refractivity contribution < 1.29 is 5.11 Å². The number of aliphatic hydroxyl groups is 1. The molecule has 94 valence electrons. The molecule has 0 aliphatic heterocycles. The second-order valence-corrected chi connectivity index (χ2v) is 4.19. The Balaban J connectivity index is 2.24. The topological polar surface area (TPSA) is 102 Å². The van der Waals surface area contributed by atoms with E-state index >= 15 is 0 Å². The highest BCUT2D eigenvalue weighted by atomic mass is 16.3. The quantitative estimate of drug-likeness (QED) is 0.625. The summed E-state index contributed by atoms with van der Waals surface area (Å²) < 4.78 is 0. The highest BCUT2D eigenvalue weighted by Gasteiger charge is 2.27. The first-order chi connectivity index (χ1) is 8.22. The van der Waals surface area contributed by atoms with Crippen LogP contribution in [0.25, 0.3) is 0 Å². The molecule has 1 saturated carbocycles. The van der Waals surface area contributed by atoms with Crippen LogP contribution in [0.2, 0.25) is 0 Å². The molecule has 0 unspecified atom stereocenters. The molecule has 7 heteroatoms. The summed E-state index contributed by atoms with van der Waals surface area (Å²) in [6, 6.07) is 0.293. The summed E-state index contributed by atoms with van der Waals surface area (Å²) in [6.07, 6.45) is 3.76. The van der Waals surface area contributed by atoms with Gasteiger partial charge in [0, 0.05) is 19.2 Å². The molecule has 0 aromatic carbocycles. The van der Waals surface area contributed by atoms with Crippen LogP contribution in [0, 0.1) is 0 Å². The van der Waals surface area contributed by atoms with Crippen molar-refractivity contribution in [1.29, 1.82) is 0 Å². The van der Waals surface area contributed by atoms with Gasteiger partial charge >= 0.3 is 5.69 Å². The maximum Gasteiger partial charge on any atom is 0.342 e. The van der Waals surface area contributed by atoms with E-state index in [9.17, 15) is 9.59 Å². The Morgan fingerprint density at radius 1 is 1.41 bits per heavy atom. The third-order valence-electron chi connectivity index (χ3n) is 3.04. The summed E-state index contributed by atoms with van der Waals surface area (Å²) in [7, 11) is 0. The van der Waals surface area contributed by atoms with E-state index in [1.165, 1.54) is 0 Å². The van der Waals surface area contributed by atoms with Crippen LogP contribution in [-0.2, 0) is 0 Å². The Morgan fingerprint density at radius 2 is 2.18 bits per heavy atom. The Hall–Kier alpha value is -1.63. The van der Waals surface area contributed by atoms with Crippen molar-refractivity contribution in [3.05, 3.63) is 20.8 Å². The first kappa shape index (κ1) is 11.8. The Morgan fingerprint density at radius 3 is 2.71 bits per heavy atom. The van der Waals surface area contributed by atoms with Crippen LogP contribution in [0.4, 0.5) is 5.82 Å². The van der Waals surface area contributed by atoms with Crippen molar-refractivity contribution >= 4 is 5.82 Å². The molecule has 0 saturated heterocycles. The van der Waals surface area contributed by atoms with Gasteiger partial charge in [0.25, 0.3) is 5.56 Å². The van der Waals surface area contributed by atoms with Gasteiger partial charge in [-0.2, -0.15) is 0 Å². The Bertz CT molecular complexity index is 477. The fourth-order valence-corrected chi connectivity index (χ4v) is 1.94. The monoisotopic (exact) mass is 240 g/mol. The van der Waals surface area contributed by atoms with Gasteiger partial charge in [-0.3, -0.25) is 9.78 Å². The van der Waals surface area contributed by atoms with Crippen LogP contribution in [0.5, 0.6) is 0 Å². The summed E-state index contributed by atoms with van der Waals surface area (Å²) in [5, 5.41) is 14.9. The highest BCUT2D eigenvalue weighted by molar-refractivity contribution is 5.36. The normalized spacial score (nSPS) is 15.6. The fraction of sp³-hybridized carbons (Fsp3) is 0.700. The minimum atomic E-state index is -0.602. The van der Waals surface area contributed by atoms with Crippen LogP contribution >= 0.6 is 0 Å². The minimum Gasteiger partial charge on any atom is -0.396 e. The molecular weight excluding hydrogens is 224 g/mol. The highest BCUT2D eigenvalue weighted by Crippen LogP contribution is 2.26. The lowest BCUT2D eigenvalue weighted by Crippen LogP contribution is -2.45. The number of hydrogen-bond acceptors (Lipinski definition) is 5. The van der Waals surface area contributed by atoms with E-state index in [0.29, 0.717) is 19.0 Å². The maximum absolute atomic E-state index is 11.6. The van der Waals surface area contributed by atoms with Crippen LogP contribution < -0.4 is 16.1 Å². The van der Waals surface area contributed by atoms with Crippen LogP contribution in [0.15, 0.2) is 9.59 Å². The van der Waals surface area contributed by atoms with Gasteiger partial charge < -0.3 is 10.0 Å². The molecule has 1 fully saturated rings. The van der Waals surface area contributed by atoms with Crippen molar-refractivity contribution in [1.82, 2.24) is 15.2 Å². The zero-order valence-corrected chi connectivity index (χ0v) is 9.48. The van der Waals surface area contributed by atoms with Gasteiger partial charge in [-0.1, -0.05) is 0 Å². The van der Waals surface area contributed by atoms with E-state index in [0.717, 1.165) is 19.3 Å². The number of hydrogen-bond donors (Lipinski definition) is 3. The van der Waals surface area contributed by atoms with Crippen LogP contribution in [-0.4, -0.2) is 39.5 Å². The van der Waals surface area contributed by atoms with E-state index in [2.05, 4.69) is 15.2 Å². The summed E-state index contributed by atoms with van der Waals surface area (Å²) in [4.78, 5) is 26.6. The third-order valence-corrected chi connectivity index (χ3v) is 3.04. The standard InChI is InChI=1S/C10H16N4O3/c15-6-2-5-14(7-3-1-4-7)8-9(16)11-10(17)13-12-8/h7,15H,1-6H2,(H2,11,13,16,17). The van der Waals surface area contributed by atoms with E-state index in [4.69, 9.17) is 5.11 Å². The van der Waals surface area contributed by atoms with Gasteiger partial charge in [0.1, 0.15) is 0 Å². The van der Waals surface area contributed by atoms with Gasteiger partial charge in [0.05, 0.1) is 0 Å². The van der Waals surface area contributed by atoms with Gasteiger partial charge in [-0.25, -0.2) is 9.89 Å². The summed E-state index contributed by atoms with van der Waals surface area (Å²) in [5.74, 6) is 0.239. The molecule has 0 bridgehead atoms. The summed E-state index contributed by atoms with van der Waals surface area (Å²) in [5.41, 5.74) is -1.08. The molecule has 0 amide bonds. The first-order valence-electron chi connectivity index (χ1n) is 5.79. The number of aromatic nitrogens is 3. The van der Waals surface area contributed by atoms with Crippen molar-refractivity contribution in [2.24, 2.45) is 0 Å². The SMILES string of the molecule is O=c1[nH]nc(N(CCCO)C2CCC2)c(=O)[nH]1. The number of anilines is 1. The average molecular weight is 240 g/mol. The number of H-pyrrole nitrogens is 2. The second-order valence-electron chi connectivity index (χ2n) is 4.19. The second kappa shape index (κ2) is 5.13. The number of aliphatic hydroxyl groups excluding tert-OH is 1. The first-order valence-corrected chi connectivity index (χ1v) is 5.79. The summed E-state index contributed by atoms with van der Waals surface area (Å²) in [6.45, 7) is 0.647. The van der Waals surface area contributed by atoms with E-state index in [1.807, 2.05) is 4.90 Å². The third kappa shape index (κ3) is 2.55. The molecule has 1 aromatic heterocycles. The molecule has 7 nitrogen and oxygen atoms in total. The van der Waals surface area contributed by atoms with Gasteiger partial charge in [0.2, 0.25) is 5.82 Å². The zero-order chi connectivity index (χ0) is 12.3. The summed E-state index contributed by atoms with van der Waals surface area (Å²) >= 11 is 0.